The van der Waals surface area contributed by atoms with Gasteiger partial charge in [0.1, 0.15) is 11.6 Å². The fourth-order valence-corrected chi connectivity index (χ4v) is 1.47. The van der Waals surface area contributed by atoms with Crippen molar-refractivity contribution in [3.05, 3.63) is 34.2 Å². The Labute approximate surface area is 90.0 Å². The van der Waals surface area contributed by atoms with E-state index in [1.54, 1.807) is 22.9 Å². The maximum absolute atomic E-state index is 11.6. The third-order valence-corrected chi connectivity index (χ3v) is 2.32. The number of rotatable bonds is 4. The van der Waals surface area contributed by atoms with E-state index in [1.807, 2.05) is 6.07 Å². The lowest BCUT2D eigenvalue weighted by Gasteiger charge is -2.07. The Bertz CT molecular complexity index is 412. The predicted molar refractivity (Wildman–Crippen MR) is 59.5 cm³/mol. The summed E-state index contributed by atoms with van der Waals surface area (Å²) in [4.78, 5) is 11.6. The molecule has 0 unspecified atom stereocenters. The molecule has 1 heterocycles. The molecule has 0 aliphatic rings. The van der Waals surface area contributed by atoms with Crippen LogP contribution in [-0.2, 0) is 6.54 Å². The van der Waals surface area contributed by atoms with E-state index in [-0.39, 0.29) is 11.1 Å². The monoisotopic (exact) mass is 204 g/mol. The van der Waals surface area contributed by atoms with E-state index in [4.69, 9.17) is 5.26 Å². The number of hydrogen-bond donors (Lipinski definition) is 0. The summed E-state index contributed by atoms with van der Waals surface area (Å²) in [5.41, 5.74) is 0.0470. The highest BCUT2D eigenvalue weighted by molar-refractivity contribution is 5.24. The van der Waals surface area contributed by atoms with E-state index in [0.717, 1.165) is 12.8 Å². The van der Waals surface area contributed by atoms with E-state index in [9.17, 15) is 4.79 Å². The van der Waals surface area contributed by atoms with Crippen LogP contribution in [0.4, 0.5) is 0 Å². The van der Waals surface area contributed by atoms with E-state index < -0.39 is 0 Å². The van der Waals surface area contributed by atoms with Crippen molar-refractivity contribution in [1.29, 1.82) is 5.26 Å². The lowest BCUT2D eigenvalue weighted by atomic mass is 10.1. The first kappa shape index (κ1) is 11.5. The van der Waals surface area contributed by atoms with Crippen molar-refractivity contribution in [2.75, 3.05) is 0 Å². The van der Waals surface area contributed by atoms with E-state index in [1.165, 1.54) is 0 Å². The molecule has 0 bridgehead atoms. The first-order valence-corrected chi connectivity index (χ1v) is 5.24. The standard InChI is InChI=1S/C12H16N2O/c1-10(2)5-3-7-14-8-4-6-11(9-13)12(14)15/h4,6,8,10H,3,5,7H2,1-2H3. The normalized spacial score (nSPS) is 10.3. The average Bonchev–Trinajstić information content (AvgIpc) is 2.20. The largest absolute Gasteiger partial charge is 0.314 e. The summed E-state index contributed by atoms with van der Waals surface area (Å²) in [7, 11) is 0. The van der Waals surface area contributed by atoms with Crippen LogP contribution in [0, 0.1) is 17.2 Å². The zero-order chi connectivity index (χ0) is 11.3. The molecule has 80 valence electrons. The highest BCUT2D eigenvalue weighted by Gasteiger charge is 2.01. The van der Waals surface area contributed by atoms with Gasteiger partial charge in [-0.15, -0.1) is 0 Å². The number of aromatic nitrogens is 1. The smallest absolute Gasteiger partial charge is 0.268 e. The molecule has 0 amide bonds. The number of aryl methyl sites for hydroxylation is 1. The molecule has 0 aliphatic heterocycles. The predicted octanol–water partition coefficient (Wildman–Crippen LogP) is 2.16. The average molecular weight is 204 g/mol. The van der Waals surface area contributed by atoms with Gasteiger partial charge in [0.15, 0.2) is 0 Å². The SMILES string of the molecule is CC(C)CCCn1cccc(C#N)c1=O. The molecule has 0 radical (unpaired) electrons. The molecule has 0 saturated heterocycles. The molecule has 3 nitrogen and oxygen atoms in total. The molecule has 1 rings (SSSR count). The lowest BCUT2D eigenvalue weighted by Crippen LogP contribution is -2.21. The zero-order valence-corrected chi connectivity index (χ0v) is 9.23. The molecule has 1 aromatic heterocycles. The molecule has 0 aromatic carbocycles. The van der Waals surface area contributed by atoms with Crippen LogP contribution in [0.2, 0.25) is 0 Å². The minimum Gasteiger partial charge on any atom is -0.314 e. The van der Waals surface area contributed by atoms with Crippen LogP contribution in [0.1, 0.15) is 32.3 Å². The Hall–Kier alpha value is -1.56. The molecular formula is C12H16N2O. The van der Waals surface area contributed by atoms with Gasteiger partial charge in [-0.2, -0.15) is 5.26 Å². The van der Waals surface area contributed by atoms with Crippen LogP contribution >= 0.6 is 0 Å². The van der Waals surface area contributed by atoms with Gasteiger partial charge >= 0.3 is 0 Å². The Morgan fingerprint density at radius 2 is 2.27 bits per heavy atom. The zero-order valence-electron chi connectivity index (χ0n) is 9.23. The Balaban J connectivity index is 2.71. The second kappa shape index (κ2) is 5.35. The first-order valence-electron chi connectivity index (χ1n) is 5.24. The lowest BCUT2D eigenvalue weighted by molar-refractivity contribution is 0.505. The molecule has 15 heavy (non-hydrogen) atoms. The Morgan fingerprint density at radius 1 is 1.53 bits per heavy atom. The van der Waals surface area contributed by atoms with Gasteiger partial charge in [0.25, 0.3) is 5.56 Å². The van der Waals surface area contributed by atoms with Crippen LogP contribution in [0.5, 0.6) is 0 Å². The van der Waals surface area contributed by atoms with Gasteiger partial charge in [0.05, 0.1) is 0 Å². The molecule has 0 aliphatic carbocycles. The second-order valence-corrected chi connectivity index (χ2v) is 4.07. The van der Waals surface area contributed by atoms with E-state index >= 15 is 0 Å². The minimum absolute atomic E-state index is 0.177. The van der Waals surface area contributed by atoms with E-state index in [2.05, 4.69) is 13.8 Å². The molecule has 0 spiro atoms. The fourth-order valence-electron chi connectivity index (χ4n) is 1.47. The van der Waals surface area contributed by atoms with E-state index in [0.29, 0.717) is 12.5 Å². The van der Waals surface area contributed by atoms with Gasteiger partial charge in [-0.1, -0.05) is 13.8 Å². The maximum atomic E-state index is 11.6. The van der Waals surface area contributed by atoms with Gasteiger partial charge in [-0.25, -0.2) is 0 Å². The van der Waals surface area contributed by atoms with Crippen LogP contribution in [0.15, 0.2) is 23.1 Å². The maximum Gasteiger partial charge on any atom is 0.268 e. The van der Waals surface area contributed by atoms with Crippen LogP contribution in [0.25, 0.3) is 0 Å². The molecule has 3 heteroatoms. The molecule has 1 aromatic rings. The number of nitriles is 1. The Morgan fingerprint density at radius 3 is 2.87 bits per heavy atom. The molecule has 0 atom stereocenters. The van der Waals surface area contributed by atoms with Crippen molar-refractivity contribution < 1.29 is 0 Å². The highest BCUT2D eigenvalue weighted by Crippen LogP contribution is 2.04. The molecule has 0 saturated carbocycles. The van der Waals surface area contributed by atoms with Crippen molar-refractivity contribution in [1.82, 2.24) is 4.57 Å². The summed E-state index contributed by atoms with van der Waals surface area (Å²) >= 11 is 0. The van der Waals surface area contributed by atoms with Gasteiger partial charge < -0.3 is 4.57 Å². The number of pyridine rings is 1. The van der Waals surface area contributed by atoms with Crippen LogP contribution in [0.3, 0.4) is 0 Å². The van der Waals surface area contributed by atoms with Crippen molar-refractivity contribution in [2.45, 2.75) is 33.2 Å². The quantitative estimate of drug-likeness (QED) is 0.754. The van der Waals surface area contributed by atoms with Gasteiger partial charge in [0.2, 0.25) is 0 Å². The molecular weight excluding hydrogens is 188 g/mol. The van der Waals surface area contributed by atoms with Crippen LogP contribution in [-0.4, -0.2) is 4.57 Å². The van der Waals surface area contributed by atoms with Crippen LogP contribution < -0.4 is 5.56 Å². The van der Waals surface area contributed by atoms with Gasteiger partial charge in [0, 0.05) is 12.7 Å². The number of nitrogens with zero attached hydrogens (tertiary/aromatic N) is 2. The molecule has 0 N–H and O–H groups in total. The summed E-state index contributed by atoms with van der Waals surface area (Å²) in [5, 5.41) is 8.69. The summed E-state index contributed by atoms with van der Waals surface area (Å²) in [6.07, 6.45) is 3.82. The Kier molecular flexibility index (Phi) is 4.11. The number of hydrogen-bond acceptors (Lipinski definition) is 2. The van der Waals surface area contributed by atoms with Crippen molar-refractivity contribution in [3.8, 4) is 6.07 Å². The van der Waals surface area contributed by atoms with Gasteiger partial charge in [-0.05, 0) is 30.9 Å². The van der Waals surface area contributed by atoms with Crippen molar-refractivity contribution in [3.63, 3.8) is 0 Å². The van der Waals surface area contributed by atoms with Crippen molar-refractivity contribution >= 4 is 0 Å². The fraction of sp³-hybridized carbons (Fsp3) is 0.500. The minimum atomic E-state index is -0.177. The third-order valence-electron chi connectivity index (χ3n) is 2.32. The van der Waals surface area contributed by atoms with Gasteiger partial charge in [-0.3, -0.25) is 4.79 Å². The third kappa shape index (κ3) is 3.25. The summed E-state index contributed by atoms with van der Waals surface area (Å²) in [6, 6.07) is 5.20. The molecule has 0 fully saturated rings. The topological polar surface area (TPSA) is 45.8 Å². The second-order valence-electron chi connectivity index (χ2n) is 4.07. The summed E-state index contributed by atoms with van der Waals surface area (Å²) in [6.45, 7) is 5.02. The summed E-state index contributed by atoms with van der Waals surface area (Å²) in [5.74, 6) is 0.653. The first-order chi connectivity index (χ1) is 7.15. The highest BCUT2D eigenvalue weighted by atomic mass is 16.1. The summed E-state index contributed by atoms with van der Waals surface area (Å²) < 4.78 is 1.61. The van der Waals surface area contributed by atoms with Crippen molar-refractivity contribution in [2.24, 2.45) is 5.92 Å².